The molecule has 0 saturated carbocycles. The first-order valence-electron chi connectivity index (χ1n) is 11.0. The number of benzene rings is 1. The van der Waals surface area contributed by atoms with Crippen LogP contribution in [0.15, 0.2) is 46.8 Å². The molecule has 7 heteroatoms. The molecular weight excluding hydrogens is 406 g/mol. The number of nitrogens with zero attached hydrogens (tertiary/aromatic N) is 3. The number of methoxy groups -OCH3 is 1. The predicted octanol–water partition coefficient (Wildman–Crippen LogP) is 3.61. The lowest BCUT2D eigenvalue weighted by atomic mass is 9.88. The topological polar surface area (TPSA) is 52.1 Å². The van der Waals surface area contributed by atoms with Gasteiger partial charge in [0, 0.05) is 31.1 Å². The molecule has 0 amide bonds. The van der Waals surface area contributed by atoms with Crippen molar-refractivity contribution in [3.05, 3.63) is 52.2 Å². The van der Waals surface area contributed by atoms with Gasteiger partial charge in [-0.25, -0.2) is 0 Å². The van der Waals surface area contributed by atoms with Gasteiger partial charge in [0.2, 0.25) is 0 Å². The molecule has 3 atom stereocenters. The summed E-state index contributed by atoms with van der Waals surface area (Å²) in [5.41, 5.74) is 1.25. The third-order valence-corrected chi connectivity index (χ3v) is 7.13. The molecule has 2 aromatic rings. The number of rotatable bonds is 8. The number of ether oxygens (including phenoxy) is 1. The molecular formula is C24H37N5OS. The van der Waals surface area contributed by atoms with Gasteiger partial charge in [-0.2, -0.15) is 0 Å². The first kappa shape index (κ1) is 23.6. The number of nitrogens with one attached hydrogen (secondary N) is 2. The first-order valence-corrected chi connectivity index (χ1v) is 11.9. The van der Waals surface area contributed by atoms with Gasteiger partial charge in [-0.1, -0.05) is 18.2 Å². The van der Waals surface area contributed by atoms with Crippen molar-refractivity contribution in [2.75, 3.05) is 54.9 Å². The Morgan fingerprint density at radius 3 is 2.65 bits per heavy atom. The summed E-state index contributed by atoms with van der Waals surface area (Å²) in [4.78, 5) is 10.7. The Balaban J connectivity index is 1.59. The molecule has 1 aliphatic heterocycles. The van der Waals surface area contributed by atoms with Crippen LogP contribution in [0.1, 0.15) is 35.4 Å². The molecule has 170 valence electrons. The minimum atomic E-state index is 0.240. The van der Waals surface area contributed by atoms with E-state index in [1.165, 1.54) is 29.8 Å². The molecule has 3 unspecified atom stereocenters. The largest absolute Gasteiger partial charge is 0.497 e. The van der Waals surface area contributed by atoms with Gasteiger partial charge in [-0.15, -0.1) is 11.3 Å². The molecule has 6 nitrogen and oxygen atoms in total. The van der Waals surface area contributed by atoms with Crippen LogP contribution in [0.2, 0.25) is 0 Å². The van der Waals surface area contributed by atoms with Gasteiger partial charge in [-0.3, -0.25) is 9.89 Å². The molecule has 0 spiro atoms. The summed E-state index contributed by atoms with van der Waals surface area (Å²) in [7, 11) is 10.0. The van der Waals surface area contributed by atoms with E-state index in [-0.39, 0.29) is 6.04 Å². The van der Waals surface area contributed by atoms with Crippen molar-refractivity contribution >= 4 is 17.3 Å². The second kappa shape index (κ2) is 11.5. The van der Waals surface area contributed by atoms with Crippen LogP contribution in [0.4, 0.5) is 0 Å². The minimum absolute atomic E-state index is 0.240. The zero-order valence-corrected chi connectivity index (χ0v) is 20.3. The number of aliphatic imine (C=N–C) groups is 1. The lowest BCUT2D eigenvalue weighted by molar-refractivity contribution is 0.125. The Labute approximate surface area is 191 Å². The summed E-state index contributed by atoms with van der Waals surface area (Å²) in [6, 6.07) is 13.4. The average molecular weight is 444 g/mol. The van der Waals surface area contributed by atoms with Gasteiger partial charge in [0.15, 0.2) is 5.96 Å². The molecule has 0 aliphatic carbocycles. The molecule has 1 aromatic carbocycles. The van der Waals surface area contributed by atoms with E-state index in [0.29, 0.717) is 12.0 Å². The summed E-state index contributed by atoms with van der Waals surface area (Å²) >= 11 is 1.86. The number of guanidine groups is 1. The maximum Gasteiger partial charge on any atom is 0.191 e. The zero-order valence-electron chi connectivity index (χ0n) is 19.5. The smallest absolute Gasteiger partial charge is 0.191 e. The lowest BCUT2D eigenvalue weighted by Gasteiger charge is -2.39. The summed E-state index contributed by atoms with van der Waals surface area (Å²) in [5, 5.41) is 9.31. The fraction of sp³-hybridized carbons (Fsp3) is 0.542. The van der Waals surface area contributed by atoms with E-state index in [4.69, 9.17) is 4.74 Å². The Morgan fingerprint density at radius 1 is 1.26 bits per heavy atom. The van der Waals surface area contributed by atoms with Crippen molar-refractivity contribution in [1.82, 2.24) is 20.4 Å². The second-order valence-electron chi connectivity index (χ2n) is 8.43. The highest BCUT2D eigenvalue weighted by Crippen LogP contribution is 2.36. The van der Waals surface area contributed by atoms with Crippen LogP contribution in [-0.4, -0.2) is 70.7 Å². The van der Waals surface area contributed by atoms with Crippen LogP contribution >= 0.6 is 11.3 Å². The van der Waals surface area contributed by atoms with Gasteiger partial charge in [0.1, 0.15) is 5.75 Å². The van der Waals surface area contributed by atoms with Crippen molar-refractivity contribution < 1.29 is 4.74 Å². The van der Waals surface area contributed by atoms with Gasteiger partial charge in [0.25, 0.3) is 0 Å². The van der Waals surface area contributed by atoms with E-state index in [2.05, 4.69) is 76.2 Å². The van der Waals surface area contributed by atoms with Gasteiger partial charge < -0.3 is 20.3 Å². The number of piperidine rings is 1. The molecule has 1 fully saturated rings. The van der Waals surface area contributed by atoms with Gasteiger partial charge >= 0.3 is 0 Å². The van der Waals surface area contributed by atoms with E-state index in [0.717, 1.165) is 24.8 Å². The average Bonchev–Trinajstić information content (AvgIpc) is 3.30. The molecule has 0 bridgehead atoms. The number of likely N-dealkylation sites (tertiary alicyclic amines) is 1. The minimum Gasteiger partial charge on any atom is -0.497 e. The normalized spacial score (nSPS) is 21.2. The van der Waals surface area contributed by atoms with Crippen molar-refractivity contribution in [2.24, 2.45) is 10.9 Å². The molecule has 1 saturated heterocycles. The zero-order chi connectivity index (χ0) is 22.2. The summed E-state index contributed by atoms with van der Waals surface area (Å²) in [6.07, 6.45) is 2.49. The van der Waals surface area contributed by atoms with Crippen LogP contribution in [0.25, 0.3) is 0 Å². The van der Waals surface area contributed by atoms with Crippen molar-refractivity contribution in [2.45, 2.75) is 24.9 Å². The van der Waals surface area contributed by atoms with Crippen LogP contribution < -0.4 is 15.4 Å². The van der Waals surface area contributed by atoms with Gasteiger partial charge in [0.05, 0.1) is 13.2 Å². The molecule has 2 heterocycles. The highest BCUT2D eigenvalue weighted by molar-refractivity contribution is 7.10. The van der Waals surface area contributed by atoms with Crippen LogP contribution in [0, 0.1) is 5.92 Å². The SMILES string of the molecule is CN=C(NCC1CCCN(C)C1c1cccs1)NCC(c1ccc(OC)cc1)N(C)C. The molecule has 3 rings (SSSR count). The van der Waals surface area contributed by atoms with Crippen LogP contribution in [-0.2, 0) is 0 Å². The van der Waals surface area contributed by atoms with E-state index in [9.17, 15) is 0 Å². The highest BCUT2D eigenvalue weighted by Gasteiger charge is 2.31. The number of hydrogen-bond acceptors (Lipinski definition) is 5. The molecule has 31 heavy (non-hydrogen) atoms. The summed E-state index contributed by atoms with van der Waals surface area (Å²) < 4.78 is 5.30. The standard InChI is InChI=1S/C24H37N5OS/c1-25-24(27-17-21(28(2)3)18-10-12-20(30-5)13-11-18)26-16-19-8-6-14-29(4)23(19)22-9-7-15-31-22/h7,9-13,15,19,21,23H,6,8,14,16-17H2,1-5H3,(H2,25,26,27). The summed E-state index contributed by atoms with van der Waals surface area (Å²) in [5.74, 6) is 2.31. The van der Waals surface area contributed by atoms with Crippen molar-refractivity contribution in [3.63, 3.8) is 0 Å². The van der Waals surface area contributed by atoms with E-state index in [1.54, 1.807) is 7.11 Å². The predicted molar refractivity (Wildman–Crippen MR) is 131 cm³/mol. The van der Waals surface area contributed by atoms with Crippen molar-refractivity contribution in [1.29, 1.82) is 0 Å². The number of likely N-dealkylation sites (N-methyl/N-ethyl adjacent to an activating group) is 1. The Hall–Kier alpha value is -2.09. The number of hydrogen-bond donors (Lipinski definition) is 2. The monoisotopic (exact) mass is 443 g/mol. The second-order valence-corrected chi connectivity index (χ2v) is 9.41. The Morgan fingerprint density at radius 2 is 2.03 bits per heavy atom. The Bertz CT molecular complexity index is 806. The third-order valence-electron chi connectivity index (χ3n) is 6.18. The van der Waals surface area contributed by atoms with E-state index < -0.39 is 0 Å². The quantitative estimate of drug-likeness (QED) is 0.482. The molecule has 1 aliphatic rings. The molecule has 2 N–H and O–H groups in total. The lowest BCUT2D eigenvalue weighted by Crippen LogP contribution is -2.46. The molecule has 0 radical (unpaired) electrons. The first-order chi connectivity index (χ1) is 15.0. The maximum atomic E-state index is 5.30. The fourth-order valence-corrected chi connectivity index (χ4v) is 5.43. The van der Waals surface area contributed by atoms with E-state index in [1.807, 2.05) is 30.5 Å². The summed E-state index contributed by atoms with van der Waals surface area (Å²) in [6.45, 7) is 2.86. The fourth-order valence-electron chi connectivity index (χ4n) is 4.45. The Kier molecular flexibility index (Phi) is 8.75. The van der Waals surface area contributed by atoms with Crippen LogP contribution in [0.5, 0.6) is 5.75 Å². The number of thiophene rings is 1. The van der Waals surface area contributed by atoms with E-state index >= 15 is 0 Å². The van der Waals surface area contributed by atoms with Crippen molar-refractivity contribution in [3.8, 4) is 5.75 Å². The molecule has 1 aromatic heterocycles. The van der Waals surface area contributed by atoms with Crippen LogP contribution in [0.3, 0.4) is 0 Å². The highest BCUT2D eigenvalue weighted by atomic mass is 32.1. The maximum absolute atomic E-state index is 5.30. The third kappa shape index (κ3) is 6.21. The van der Waals surface area contributed by atoms with Gasteiger partial charge in [-0.05, 0) is 75.6 Å².